The molecule has 0 bridgehead atoms. The molecule has 2 aromatic carbocycles. The molecule has 0 radical (unpaired) electrons. The minimum Gasteiger partial charge on any atom is -0.404 e. The number of aromatic nitrogens is 1. The van der Waals surface area contributed by atoms with Crippen LogP contribution >= 0.6 is 11.9 Å². The molecule has 8 heteroatoms. The Morgan fingerprint density at radius 3 is 2.73 bits per heavy atom. The van der Waals surface area contributed by atoms with Gasteiger partial charge in [-0.25, -0.2) is 12.7 Å². The molecule has 33 heavy (non-hydrogen) atoms. The van der Waals surface area contributed by atoms with Gasteiger partial charge in [0.15, 0.2) is 9.84 Å². The van der Waals surface area contributed by atoms with Crippen LogP contribution in [0, 0.1) is 11.3 Å². The lowest BCUT2D eigenvalue weighted by molar-refractivity contribution is 0.319. The first-order valence-electron chi connectivity index (χ1n) is 10.9. The third-order valence-electron chi connectivity index (χ3n) is 6.23. The SMILES string of the molecule is CC1(C)CC(Cn2ccc3cc(/C(C=N)=C/N)ccc32)CN1Sc1cccc(S(C)(=O)=O)c1. The van der Waals surface area contributed by atoms with Crippen molar-refractivity contribution in [2.75, 3.05) is 12.8 Å². The van der Waals surface area contributed by atoms with Crippen LogP contribution in [-0.4, -0.2) is 41.8 Å². The Labute approximate surface area is 200 Å². The van der Waals surface area contributed by atoms with E-state index in [1.165, 1.54) is 24.2 Å². The van der Waals surface area contributed by atoms with Crippen molar-refractivity contribution in [1.82, 2.24) is 8.87 Å². The molecule has 0 saturated carbocycles. The predicted octanol–water partition coefficient (Wildman–Crippen LogP) is 4.80. The van der Waals surface area contributed by atoms with Crippen LogP contribution in [0.25, 0.3) is 16.5 Å². The van der Waals surface area contributed by atoms with E-state index in [0.29, 0.717) is 16.4 Å². The van der Waals surface area contributed by atoms with Crippen molar-refractivity contribution in [1.29, 1.82) is 5.41 Å². The third-order valence-corrected chi connectivity index (χ3v) is 8.67. The summed E-state index contributed by atoms with van der Waals surface area (Å²) in [6.45, 7) is 6.33. The van der Waals surface area contributed by atoms with Crippen molar-refractivity contribution in [3.63, 3.8) is 0 Å². The lowest BCUT2D eigenvalue weighted by atomic mass is 9.97. The van der Waals surface area contributed by atoms with Crippen LogP contribution in [-0.2, 0) is 16.4 Å². The Hall–Kier alpha value is -2.55. The number of hydrogen-bond donors (Lipinski definition) is 2. The van der Waals surface area contributed by atoms with E-state index in [1.807, 2.05) is 18.2 Å². The summed E-state index contributed by atoms with van der Waals surface area (Å²) in [6.07, 6.45) is 7.16. The van der Waals surface area contributed by atoms with Gasteiger partial charge in [0.05, 0.1) is 4.90 Å². The highest BCUT2D eigenvalue weighted by molar-refractivity contribution is 7.97. The van der Waals surface area contributed by atoms with Gasteiger partial charge in [0.1, 0.15) is 0 Å². The lowest BCUT2D eigenvalue weighted by Gasteiger charge is -2.30. The molecule has 0 spiro atoms. The third kappa shape index (κ3) is 5.03. The normalized spacial score (nSPS) is 19.2. The fourth-order valence-corrected chi connectivity index (χ4v) is 6.49. The fraction of sp³-hybridized carbons (Fsp3) is 0.320. The van der Waals surface area contributed by atoms with E-state index in [1.54, 1.807) is 24.1 Å². The van der Waals surface area contributed by atoms with Gasteiger partial charge in [-0.3, -0.25) is 0 Å². The Morgan fingerprint density at radius 1 is 1.24 bits per heavy atom. The molecule has 1 saturated heterocycles. The van der Waals surface area contributed by atoms with Gasteiger partial charge in [0.25, 0.3) is 0 Å². The minimum atomic E-state index is -3.22. The van der Waals surface area contributed by atoms with Gasteiger partial charge in [-0.1, -0.05) is 12.1 Å². The molecule has 3 aromatic rings. The molecule has 1 unspecified atom stereocenters. The molecule has 1 aliphatic heterocycles. The van der Waals surface area contributed by atoms with Crippen molar-refractivity contribution >= 4 is 44.5 Å². The van der Waals surface area contributed by atoms with Crippen LogP contribution in [0.3, 0.4) is 0 Å². The maximum atomic E-state index is 11.9. The number of benzene rings is 2. The van der Waals surface area contributed by atoms with Gasteiger partial charge in [-0.2, -0.15) is 0 Å². The molecule has 2 heterocycles. The van der Waals surface area contributed by atoms with Gasteiger partial charge in [-0.05, 0) is 80.1 Å². The quantitative estimate of drug-likeness (QED) is 0.373. The van der Waals surface area contributed by atoms with Crippen LogP contribution in [0.15, 0.2) is 70.7 Å². The Morgan fingerprint density at radius 2 is 2.03 bits per heavy atom. The van der Waals surface area contributed by atoms with E-state index in [2.05, 4.69) is 47.1 Å². The molecule has 1 fully saturated rings. The van der Waals surface area contributed by atoms with Gasteiger partial charge in [0, 0.05) is 64.9 Å². The zero-order valence-corrected chi connectivity index (χ0v) is 20.8. The molecule has 0 aliphatic carbocycles. The standard InChI is InChI=1S/C25H30N4O2S2/c1-25(2)13-18(17-29(25)32-22-5-4-6-23(12-22)33(3,30)31)16-28-10-9-20-11-19(7-8-24(20)28)21(14-26)15-27/h4-12,14-15,18,26H,13,16-17,27H2,1-3H3/b21-15+,26-14?. The molecule has 1 aliphatic rings. The number of nitrogens with two attached hydrogens (primary N) is 1. The molecule has 174 valence electrons. The number of hydrogen-bond acceptors (Lipinski definition) is 6. The monoisotopic (exact) mass is 482 g/mol. The molecular weight excluding hydrogens is 452 g/mol. The first-order valence-corrected chi connectivity index (χ1v) is 13.5. The van der Waals surface area contributed by atoms with E-state index in [0.717, 1.165) is 35.4 Å². The van der Waals surface area contributed by atoms with E-state index in [9.17, 15) is 8.42 Å². The summed E-state index contributed by atoms with van der Waals surface area (Å²) >= 11 is 1.64. The van der Waals surface area contributed by atoms with Crippen LogP contribution in [0.2, 0.25) is 0 Å². The van der Waals surface area contributed by atoms with Crippen molar-refractivity contribution in [2.24, 2.45) is 11.7 Å². The Kier molecular flexibility index (Phi) is 6.44. The summed E-state index contributed by atoms with van der Waals surface area (Å²) in [7, 11) is -3.22. The molecule has 1 atom stereocenters. The van der Waals surface area contributed by atoms with Crippen molar-refractivity contribution in [2.45, 2.75) is 42.1 Å². The second-order valence-electron chi connectivity index (χ2n) is 9.29. The number of fused-ring (bicyclic) bond motifs is 1. The van der Waals surface area contributed by atoms with Crippen LogP contribution < -0.4 is 5.73 Å². The van der Waals surface area contributed by atoms with Crippen LogP contribution in [0.1, 0.15) is 25.8 Å². The zero-order valence-electron chi connectivity index (χ0n) is 19.2. The van der Waals surface area contributed by atoms with E-state index in [4.69, 9.17) is 11.1 Å². The smallest absolute Gasteiger partial charge is 0.175 e. The molecule has 4 rings (SSSR count). The summed E-state index contributed by atoms with van der Waals surface area (Å²) in [4.78, 5) is 1.30. The lowest BCUT2D eigenvalue weighted by Crippen LogP contribution is -2.32. The van der Waals surface area contributed by atoms with E-state index in [-0.39, 0.29) is 5.54 Å². The van der Waals surface area contributed by atoms with Gasteiger partial charge < -0.3 is 15.7 Å². The molecule has 1 aromatic heterocycles. The summed E-state index contributed by atoms with van der Waals surface area (Å²) in [5.74, 6) is 0.474. The summed E-state index contributed by atoms with van der Waals surface area (Å²) in [5.41, 5.74) is 8.46. The minimum absolute atomic E-state index is 0.00264. The van der Waals surface area contributed by atoms with Crippen LogP contribution in [0.5, 0.6) is 0 Å². The highest BCUT2D eigenvalue weighted by atomic mass is 32.2. The molecule has 3 N–H and O–H groups in total. The maximum Gasteiger partial charge on any atom is 0.175 e. The molecule has 6 nitrogen and oxygen atoms in total. The van der Waals surface area contributed by atoms with Gasteiger partial charge >= 0.3 is 0 Å². The second-order valence-corrected chi connectivity index (χ2v) is 12.4. The van der Waals surface area contributed by atoms with Gasteiger partial charge in [-0.15, -0.1) is 0 Å². The Bertz CT molecular complexity index is 1330. The predicted molar refractivity (Wildman–Crippen MR) is 137 cm³/mol. The first kappa shape index (κ1) is 23.6. The average molecular weight is 483 g/mol. The Balaban J connectivity index is 1.51. The zero-order chi connectivity index (χ0) is 23.8. The maximum absolute atomic E-state index is 11.9. The number of rotatable bonds is 7. The van der Waals surface area contributed by atoms with Crippen molar-refractivity contribution in [3.05, 3.63) is 66.5 Å². The topological polar surface area (TPSA) is 92.2 Å². The molecule has 0 amide bonds. The number of allylic oxidation sites excluding steroid dienone is 1. The largest absolute Gasteiger partial charge is 0.404 e. The van der Waals surface area contributed by atoms with Crippen molar-refractivity contribution in [3.8, 4) is 0 Å². The summed E-state index contributed by atoms with van der Waals surface area (Å²) in [6, 6.07) is 15.5. The number of nitrogens with zero attached hydrogens (tertiary/aromatic N) is 2. The fourth-order valence-electron chi connectivity index (χ4n) is 4.57. The summed E-state index contributed by atoms with van der Waals surface area (Å²) < 4.78 is 28.5. The van der Waals surface area contributed by atoms with E-state index < -0.39 is 9.84 Å². The summed E-state index contributed by atoms with van der Waals surface area (Å²) in [5, 5.41) is 8.66. The highest BCUT2D eigenvalue weighted by Crippen LogP contribution is 2.41. The van der Waals surface area contributed by atoms with Crippen molar-refractivity contribution < 1.29 is 8.42 Å². The van der Waals surface area contributed by atoms with Crippen LogP contribution in [0.4, 0.5) is 0 Å². The number of nitrogens with one attached hydrogen (secondary N) is 1. The molecular formula is C25H30N4O2S2. The van der Waals surface area contributed by atoms with Gasteiger partial charge in [0.2, 0.25) is 0 Å². The highest BCUT2D eigenvalue weighted by Gasteiger charge is 2.39. The number of sulfone groups is 1. The van der Waals surface area contributed by atoms with E-state index >= 15 is 0 Å². The second kappa shape index (κ2) is 9.00. The first-order chi connectivity index (χ1) is 15.6. The average Bonchev–Trinajstić information content (AvgIpc) is 3.28.